The van der Waals surface area contributed by atoms with Crippen molar-refractivity contribution in [2.24, 2.45) is 0 Å². The summed E-state index contributed by atoms with van der Waals surface area (Å²) in [5, 5.41) is 26.0. The molecule has 0 aliphatic carbocycles. The summed E-state index contributed by atoms with van der Waals surface area (Å²) < 4.78 is 5.21. The summed E-state index contributed by atoms with van der Waals surface area (Å²) in [5.41, 5.74) is 0.409. The van der Waals surface area contributed by atoms with Gasteiger partial charge in [0.1, 0.15) is 23.4 Å². The van der Waals surface area contributed by atoms with Gasteiger partial charge >= 0.3 is 6.09 Å². The van der Waals surface area contributed by atoms with Crippen LogP contribution < -0.4 is 10.6 Å². The van der Waals surface area contributed by atoms with Crippen LogP contribution in [-0.4, -0.2) is 57.3 Å². The fraction of sp³-hybridized carbons (Fsp3) is 0.423. The molecule has 36 heavy (non-hydrogen) atoms. The Morgan fingerprint density at radius 1 is 1.08 bits per heavy atom. The van der Waals surface area contributed by atoms with Gasteiger partial charge in [0.15, 0.2) is 0 Å². The van der Waals surface area contributed by atoms with Gasteiger partial charge in [0.25, 0.3) is 5.91 Å². The van der Waals surface area contributed by atoms with Crippen LogP contribution in [0.15, 0.2) is 42.5 Å². The first-order chi connectivity index (χ1) is 16.8. The number of para-hydroxylation sites is 2. The van der Waals surface area contributed by atoms with E-state index in [-0.39, 0.29) is 11.3 Å². The van der Waals surface area contributed by atoms with Crippen LogP contribution in [0.25, 0.3) is 0 Å². The van der Waals surface area contributed by atoms with Gasteiger partial charge in [0.05, 0.1) is 17.3 Å². The summed E-state index contributed by atoms with van der Waals surface area (Å²) in [6, 6.07) is 8.00. The molecular formula is C26H34ClN3O6. The Bertz CT molecular complexity index is 1080. The number of anilines is 1. The topological polar surface area (TPSA) is 128 Å². The Morgan fingerprint density at radius 2 is 1.72 bits per heavy atom. The molecule has 2 rings (SSSR count). The van der Waals surface area contributed by atoms with Gasteiger partial charge in [-0.05, 0) is 59.2 Å². The smallest absolute Gasteiger partial charge is 0.408 e. The molecule has 9 nitrogen and oxygen atoms in total. The number of phenolic OH excluding ortho intramolecular Hbond substituents is 1. The van der Waals surface area contributed by atoms with Crippen LogP contribution in [-0.2, 0) is 14.3 Å². The number of aromatic hydroxyl groups is 1. The molecule has 2 atom stereocenters. The van der Waals surface area contributed by atoms with E-state index in [0.29, 0.717) is 16.3 Å². The standard InChI is InChI=1S/C26H34ClN3O6/c1-15(2)30(24(34)19(14-31)28-25(35)36-26(4,5)6)22(17-11-7-8-13-20(17)32)23(33)29-21-16(3)10-9-12-18(21)27/h7-13,15,19,22,31-32H,14H2,1-6H3,(H,28,35)(H,29,33). The molecule has 0 heterocycles. The van der Waals surface area contributed by atoms with Crippen LogP contribution >= 0.6 is 11.6 Å². The average molecular weight is 520 g/mol. The van der Waals surface area contributed by atoms with E-state index in [4.69, 9.17) is 16.3 Å². The Labute approximate surface area is 216 Å². The minimum Gasteiger partial charge on any atom is -0.508 e. The first-order valence-electron chi connectivity index (χ1n) is 11.5. The molecule has 2 unspecified atom stereocenters. The number of aliphatic hydroxyl groups excluding tert-OH is 1. The average Bonchev–Trinajstić information content (AvgIpc) is 2.77. The van der Waals surface area contributed by atoms with Gasteiger partial charge in [-0.1, -0.05) is 41.9 Å². The highest BCUT2D eigenvalue weighted by Crippen LogP contribution is 2.33. The van der Waals surface area contributed by atoms with Crippen molar-refractivity contribution < 1.29 is 29.3 Å². The number of carbonyl (C=O) groups excluding carboxylic acids is 3. The van der Waals surface area contributed by atoms with Crippen molar-refractivity contribution in [2.45, 2.75) is 65.3 Å². The van der Waals surface area contributed by atoms with E-state index in [2.05, 4.69) is 10.6 Å². The predicted octanol–water partition coefficient (Wildman–Crippen LogP) is 4.16. The minimum atomic E-state index is -1.40. The molecule has 0 bridgehead atoms. The van der Waals surface area contributed by atoms with Crippen LogP contribution in [0.5, 0.6) is 5.75 Å². The maximum absolute atomic E-state index is 13.7. The molecular weight excluding hydrogens is 486 g/mol. The number of carbonyl (C=O) groups is 3. The third-order valence-electron chi connectivity index (χ3n) is 5.21. The van der Waals surface area contributed by atoms with E-state index < -0.39 is 48.2 Å². The van der Waals surface area contributed by atoms with Crippen molar-refractivity contribution in [2.75, 3.05) is 11.9 Å². The maximum Gasteiger partial charge on any atom is 0.408 e. The Balaban J connectivity index is 2.52. The number of aliphatic hydroxyl groups is 1. The zero-order chi connectivity index (χ0) is 27.2. The monoisotopic (exact) mass is 519 g/mol. The lowest BCUT2D eigenvalue weighted by atomic mass is 10.00. The number of halogens is 1. The third-order valence-corrected chi connectivity index (χ3v) is 5.53. The third kappa shape index (κ3) is 7.35. The Morgan fingerprint density at radius 3 is 2.25 bits per heavy atom. The van der Waals surface area contributed by atoms with E-state index in [0.717, 1.165) is 0 Å². The largest absolute Gasteiger partial charge is 0.508 e. The zero-order valence-corrected chi connectivity index (χ0v) is 22.1. The molecule has 10 heteroatoms. The normalized spacial score (nSPS) is 13.0. The summed E-state index contributed by atoms with van der Waals surface area (Å²) in [6.07, 6.45) is -0.895. The zero-order valence-electron chi connectivity index (χ0n) is 21.3. The van der Waals surface area contributed by atoms with Gasteiger partial charge in [-0.3, -0.25) is 9.59 Å². The minimum absolute atomic E-state index is 0.163. The van der Waals surface area contributed by atoms with Crippen LogP contribution in [0, 0.1) is 6.92 Å². The molecule has 0 saturated carbocycles. The van der Waals surface area contributed by atoms with Crippen LogP contribution in [0.2, 0.25) is 5.02 Å². The van der Waals surface area contributed by atoms with Crippen molar-refractivity contribution in [3.63, 3.8) is 0 Å². The molecule has 0 aliphatic rings. The predicted molar refractivity (Wildman–Crippen MR) is 138 cm³/mol. The fourth-order valence-corrected chi connectivity index (χ4v) is 3.88. The van der Waals surface area contributed by atoms with E-state index in [1.807, 2.05) is 0 Å². The summed E-state index contributed by atoms with van der Waals surface area (Å²) in [7, 11) is 0. The number of amides is 3. The molecule has 0 fully saturated rings. The Hall–Kier alpha value is -3.30. The van der Waals surface area contributed by atoms with Crippen LogP contribution in [0.3, 0.4) is 0 Å². The molecule has 0 aliphatic heterocycles. The first kappa shape index (κ1) is 28.9. The maximum atomic E-state index is 13.7. The molecule has 2 aromatic carbocycles. The number of phenols is 1. The first-order valence-corrected chi connectivity index (χ1v) is 11.9. The second kappa shape index (κ2) is 12.1. The molecule has 0 aromatic heterocycles. The highest BCUT2D eigenvalue weighted by Gasteiger charge is 2.39. The van der Waals surface area contributed by atoms with E-state index in [1.165, 1.54) is 17.0 Å². The van der Waals surface area contributed by atoms with Gasteiger partial charge in [-0.25, -0.2) is 4.79 Å². The van der Waals surface area contributed by atoms with Crippen molar-refractivity contribution in [3.05, 3.63) is 58.6 Å². The fourth-order valence-electron chi connectivity index (χ4n) is 3.61. The number of hydrogen-bond acceptors (Lipinski definition) is 6. The van der Waals surface area contributed by atoms with Gasteiger partial charge in [0.2, 0.25) is 5.91 Å². The van der Waals surface area contributed by atoms with Gasteiger partial charge in [-0.2, -0.15) is 0 Å². The Kier molecular flexibility index (Phi) is 9.72. The summed E-state index contributed by atoms with van der Waals surface area (Å²) >= 11 is 6.30. The summed E-state index contributed by atoms with van der Waals surface area (Å²) in [5.74, 6) is -1.58. The lowest BCUT2D eigenvalue weighted by Gasteiger charge is -2.37. The number of ether oxygens (including phenoxy) is 1. The van der Waals surface area contributed by atoms with Crippen molar-refractivity contribution in [3.8, 4) is 5.75 Å². The van der Waals surface area contributed by atoms with Crippen molar-refractivity contribution in [1.82, 2.24) is 10.2 Å². The SMILES string of the molecule is Cc1cccc(Cl)c1NC(=O)C(c1ccccc1O)N(C(=O)C(CO)NC(=O)OC(C)(C)C)C(C)C. The molecule has 0 radical (unpaired) electrons. The summed E-state index contributed by atoms with van der Waals surface area (Å²) in [4.78, 5) is 40.9. The molecule has 0 saturated heterocycles. The second-order valence-electron chi connectivity index (χ2n) is 9.60. The van der Waals surface area contributed by atoms with E-state index in [1.54, 1.807) is 71.9 Å². The molecule has 196 valence electrons. The number of benzene rings is 2. The van der Waals surface area contributed by atoms with Crippen molar-refractivity contribution >= 4 is 35.2 Å². The van der Waals surface area contributed by atoms with Gasteiger partial charge in [-0.15, -0.1) is 0 Å². The summed E-state index contributed by atoms with van der Waals surface area (Å²) in [6.45, 7) is 9.39. The van der Waals surface area contributed by atoms with E-state index >= 15 is 0 Å². The molecule has 4 N–H and O–H groups in total. The quantitative estimate of drug-likeness (QED) is 0.414. The number of nitrogens with one attached hydrogen (secondary N) is 2. The second-order valence-corrected chi connectivity index (χ2v) is 10.0. The van der Waals surface area contributed by atoms with Crippen molar-refractivity contribution in [1.29, 1.82) is 0 Å². The lowest BCUT2D eigenvalue weighted by Crippen LogP contribution is -2.55. The van der Waals surface area contributed by atoms with Crippen LogP contribution in [0.1, 0.15) is 51.8 Å². The molecule has 3 amide bonds. The van der Waals surface area contributed by atoms with Gasteiger partial charge < -0.3 is 30.5 Å². The number of aryl methyl sites for hydroxylation is 1. The number of nitrogens with zero attached hydrogens (tertiary/aromatic N) is 1. The molecule has 2 aromatic rings. The van der Waals surface area contributed by atoms with E-state index in [9.17, 15) is 24.6 Å². The highest BCUT2D eigenvalue weighted by atomic mass is 35.5. The lowest BCUT2D eigenvalue weighted by molar-refractivity contribution is -0.143. The number of hydrogen-bond donors (Lipinski definition) is 4. The molecule has 0 spiro atoms. The number of rotatable bonds is 8. The number of alkyl carbamates (subject to hydrolysis) is 1. The van der Waals surface area contributed by atoms with Crippen LogP contribution in [0.4, 0.5) is 10.5 Å². The van der Waals surface area contributed by atoms with Gasteiger partial charge in [0, 0.05) is 11.6 Å². The highest BCUT2D eigenvalue weighted by molar-refractivity contribution is 6.34.